The van der Waals surface area contributed by atoms with Gasteiger partial charge in [-0.05, 0) is 12.1 Å². The highest BCUT2D eigenvalue weighted by Gasteiger charge is 2.17. The van der Waals surface area contributed by atoms with Crippen molar-refractivity contribution < 1.29 is 18.4 Å². The Kier molecular flexibility index (Phi) is 3.55. The largest absolute Gasteiger partial charge is 0.341 e. The van der Waals surface area contributed by atoms with Gasteiger partial charge in [0.1, 0.15) is 11.6 Å². The first kappa shape index (κ1) is 12.1. The number of hydrogen-bond acceptors (Lipinski definition) is 2. The maximum atomic E-state index is 13.1. The molecule has 0 bridgehead atoms. The van der Waals surface area contributed by atoms with E-state index in [4.69, 9.17) is 0 Å². The molecule has 4 nitrogen and oxygen atoms in total. The molecule has 0 atom stereocenters. The van der Waals surface area contributed by atoms with E-state index in [1.807, 2.05) is 5.32 Å². The van der Waals surface area contributed by atoms with Crippen molar-refractivity contribution in [2.24, 2.45) is 0 Å². The Hall–Kier alpha value is -1.98. The first-order chi connectivity index (χ1) is 7.41. The topological polar surface area (TPSA) is 49.4 Å². The third-order valence-electron chi connectivity index (χ3n) is 1.78. The van der Waals surface area contributed by atoms with E-state index in [0.29, 0.717) is 6.07 Å². The molecule has 16 heavy (non-hydrogen) atoms. The van der Waals surface area contributed by atoms with Gasteiger partial charge in [0.2, 0.25) is 0 Å². The minimum Gasteiger partial charge on any atom is -0.341 e. The van der Waals surface area contributed by atoms with Crippen LogP contribution in [0.1, 0.15) is 0 Å². The molecule has 0 aliphatic carbocycles. The number of rotatable bonds is 1. The molecule has 0 aliphatic rings. The van der Waals surface area contributed by atoms with Crippen LogP contribution >= 0.6 is 0 Å². The number of likely N-dealkylation sites (N-methyl/N-ethyl adjacent to an activating group) is 1. The molecule has 0 unspecified atom stereocenters. The Bertz CT molecular complexity index is 433. The van der Waals surface area contributed by atoms with Crippen molar-refractivity contribution in [2.45, 2.75) is 0 Å². The van der Waals surface area contributed by atoms with E-state index >= 15 is 0 Å². The van der Waals surface area contributed by atoms with Gasteiger partial charge >= 0.3 is 11.8 Å². The summed E-state index contributed by atoms with van der Waals surface area (Å²) in [6.07, 6.45) is 0. The molecule has 1 N–H and O–H groups in total. The van der Waals surface area contributed by atoms with E-state index in [2.05, 4.69) is 0 Å². The summed E-state index contributed by atoms with van der Waals surface area (Å²) >= 11 is 0. The number of hydrogen-bond donors (Lipinski definition) is 1. The third-order valence-corrected chi connectivity index (χ3v) is 1.78. The SMILES string of the molecule is CN(C)C(=O)C(=O)Nc1ccc(F)cc1F. The van der Waals surface area contributed by atoms with Crippen LogP contribution in [0.15, 0.2) is 18.2 Å². The molecule has 2 amide bonds. The van der Waals surface area contributed by atoms with Crippen molar-refractivity contribution in [3.05, 3.63) is 29.8 Å². The lowest BCUT2D eigenvalue weighted by Crippen LogP contribution is -2.34. The average Bonchev–Trinajstić information content (AvgIpc) is 2.20. The molecule has 0 fully saturated rings. The number of amides is 2. The first-order valence-electron chi connectivity index (χ1n) is 4.39. The second-order valence-electron chi connectivity index (χ2n) is 3.28. The number of nitrogens with one attached hydrogen (secondary N) is 1. The first-order valence-corrected chi connectivity index (χ1v) is 4.39. The van der Waals surface area contributed by atoms with Crippen molar-refractivity contribution >= 4 is 17.5 Å². The Morgan fingerprint density at radius 1 is 1.25 bits per heavy atom. The summed E-state index contributed by atoms with van der Waals surface area (Å²) in [5.74, 6) is -3.48. The normalized spacial score (nSPS) is 9.75. The van der Waals surface area contributed by atoms with Gasteiger partial charge in [-0.15, -0.1) is 0 Å². The van der Waals surface area contributed by atoms with Gasteiger partial charge < -0.3 is 10.2 Å². The molecule has 1 aromatic rings. The lowest BCUT2D eigenvalue weighted by molar-refractivity contribution is -0.141. The minimum atomic E-state index is -0.976. The molecular weight excluding hydrogens is 218 g/mol. The quantitative estimate of drug-likeness (QED) is 0.729. The van der Waals surface area contributed by atoms with Gasteiger partial charge in [0, 0.05) is 20.2 Å². The minimum absolute atomic E-state index is 0.235. The van der Waals surface area contributed by atoms with Crippen LogP contribution in [0.5, 0.6) is 0 Å². The molecule has 1 aromatic carbocycles. The predicted molar refractivity (Wildman–Crippen MR) is 53.7 cm³/mol. The van der Waals surface area contributed by atoms with Crippen molar-refractivity contribution in [1.82, 2.24) is 4.90 Å². The zero-order valence-electron chi connectivity index (χ0n) is 8.75. The van der Waals surface area contributed by atoms with Crippen LogP contribution in [0.2, 0.25) is 0 Å². The highest BCUT2D eigenvalue weighted by molar-refractivity contribution is 6.39. The van der Waals surface area contributed by atoms with Crippen LogP contribution in [0.3, 0.4) is 0 Å². The predicted octanol–water partition coefficient (Wildman–Crippen LogP) is 0.991. The van der Waals surface area contributed by atoms with Crippen LogP contribution < -0.4 is 5.32 Å². The molecule has 86 valence electrons. The van der Waals surface area contributed by atoms with Crippen LogP contribution in [-0.2, 0) is 9.59 Å². The Balaban J connectivity index is 2.81. The van der Waals surface area contributed by atoms with E-state index in [0.717, 1.165) is 17.0 Å². The maximum absolute atomic E-state index is 13.1. The number of halogens is 2. The van der Waals surface area contributed by atoms with Gasteiger partial charge in [-0.25, -0.2) is 8.78 Å². The fourth-order valence-corrected chi connectivity index (χ4v) is 0.970. The second-order valence-corrected chi connectivity index (χ2v) is 3.28. The van der Waals surface area contributed by atoms with Gasteiger partial charge in [0.15, 0.2) is 0 Å². The van der Waals surface area contributed by atoms with Crippen molar-refractivity contribution in [2.75, 3.05) is 19.4 Å². The highest BCUT2D eigenvalue weighted by atomic mass is 19.1. The fourth-order valence-electron chi connectivity index (χ4n) is 0.970. The van der Waals surface area contributed by atoms with Gasteiger partial charge in [0.05, 0.1) is 5.69 Å². The summed E-state index contributed by atoms with van der Waals surface area (Å²) < 4.78 is 25.6. The van der Waals surface area contributed by atoms with Crippen LogP contribution in [0.4, 0.5) is 14.5 Å². The Labute approximate surface area is 90.9 Å². The smallest absolute Gasteiger partial charge is 0.313 e. The molecular formula is C10H10F2N2O2. The molecule has 0 aliphatic heterocycles. The van der Waals surface area contributed by atoms with E-state index in [-0.39, 0.29) is 5.69 Å². The zero-order chi connectivity index (χ0) is 12.3. The molecule has 0 heterocycles. The lowest BCUT2D eigenvalue weighted by atomic mass is 10.3. The molecule has 6 heteroatoms. The van der Waals surface area contributed by atoms with Gasteiger partial charge in [-0.1, -0.05) is 0 Å². The summed E-state index contributed by atoms with van der Waals surface area (Å²) in [7, 11) is 2.78. The number of nitrogens with zero attached hydrogens (tertiary/aromatic N) is 1. The van der Waals surface area contributed by atoms with E-state index in [9.17, 15) is 18.4 Å². The summed E-state index contributed by atoms with van der Waals surface area (Å²) in [4.78, 5) is 23.4. The monoisotopic (exact) mass is 228 g/mol. The number of carbonyl (C=O) groups excluding carboxylic acids is 2. The Morgan fingerprint density at radius 3 is 2.38 bits per heavy atom. The fraction of sp³-hybridized carbons (Fsp3) is 0.200. The summed E-state index contributed by atoms with van der Waals surface area (Å²) in [6, 6.07) is 2.65. The highest BCUT2D eigenvalue weighted by Crippen LogP contribution is 2.14. The summed E-state index contributed by atoms with van der Waals surface area (Å²) in [6.45, 7) is 0. The molecule has 0 aromatic heterocycles. The average molecular weight is 228 g/mol. The zero-order valence-corrected chi connectivity index (χ0v) is 8.75. The lowest BCUT2D eigenvalue weighted by Gasteiger charge is -2.10. The standard InChI is InChI=1S/C10H10F2N2O2/c1-14(2)10(16)9(15)13-8-4-3-6(11)5-7(8)12/h3-5H,1-2H3,(H,13,15). The van der Waals surface area contributed by atoms with Crippen LogP contribution in [-0.4, -0.2) is 30.8 Å². The molecule has 0 spiro atoms. The molecule has 0 saturated carbocycles. The van der Waals surface area contributed by atoms with Crippen molar-refractivity contribution in [3.63, 3.8) is 0 Å². The number of benzene rings is 1. The number of carbonyl (C=O) groups is 2. The van der Waals surface area contributed by atoms with Crippen LogP contribution in [0, 0.1) is 11.6 Å². The van der Waals surface area contributed by atoms with Crippen LogP contribution in [0.25, 0.3) is 0 Å². The van der Waals surface area contributed by atoms with Gasteiger partial charge in [0.25, 0.3) is 0 Å². The summed E-state index contributed by atoms with van der Waals surface area (Å²) in [5.41, 5.74) is -0.235. The maximum Gasteiger partial charge on any atom is 0.313 e. The molecule has 1 rings (SSSR count). The van der Waals surface area contributed by atoms with Crippen molar-refractivity contribution in [3.8, 4) is 0 Å². The van der Waals surface area contributed by atoms with E-state index < -0.39 is 23.4 Å². The molecule has 0 radical (unpaired) electrons. The summed E-state index contributed by atoms with van der Waals surface area (Å²) in [5, 5.41) is 2.05. The number of anilines is 1. The van der Waals surface area contributed by atoms with E-state index in [1.165, 1.54) is 14.1 Å². The van der Waals surface area contributed by atoms with Gasteiger partial charge in [-0.2, -0.15) is 0 Å². The van der Waals surface area contributed by atoms with Gasteiger partial charge in [-0.3, -0.25) is 9.59 Å². The molecule has 0 saturated heterocycles. The second kappa shape index (κ2) is 4.69. The van der Waals surface area contributed by atoms with Crippen molar-refractivity contribution in [1.29, 1.82) is 0 Å². The van der Waals surface area contributed by atoms with E-state index in [1.54, 1.807) is 0 Å². The third kappa shape index (κ3) is 2.75. The Morgan fingerprint density at radius 2 is 1.88 bits per heavy atom.